The normalized spacial score (nSPS) is 14.9. The van der Waals surface area contributed by atoms with E-state index in [4.69, 9.17) is 5.73 Å². The summed E-state index contributed by atoms with van der Waals surface area (Å²) in [7, 11) is 0. The van der Waals surface area contributed by atoms with Gasteiger partial charge in [-0.05, 0) is 35.1 Å². The molecule has 0 aliphatic carbocycles. The van der Waals surface area contributed by atoms with E-state index in [1.807, 2.05) is 0 Å². The lowest BCUT2D eigenvalue weighted by molar-refractivity contribution is 0.297. The van der Waals surface area contributed by atoms with Crippen LogP contribution in [0.1, 0.15) is 32.8 Å². The largest absolute Gasteiger partial charge is 0.325 e. The van der Waals surface area contributed by atoms with Crippen LogP contribution in [0, 0.1) is 5.92 Å². The number of nitrogens with two attached hydrogens (primary N) is 1. The van der Waals surface area contributed by atoms with Crippen molar-refractivity contribution in [2.75, 3.05) is 0 Å². The van der Waals surface area contributed by atoms with E-state index < -0.39 is 0 Å². The molecule has 0 radical (unpaired) electrons. The summed E-state index contributed by atoms with van der Waals surface area (Å²) in [6.45, 7) is 6.62. The van der Waals surface area contributed by atoms with Gasteiger partial charge >= 0.3 is 0 Å². The van der Waals surface area contributed by atoms with Crippen molar-refractivity contribution in [2.45, 2.75) is 39.2 Å². The van der Waals surface area contributed by atoms with Gasteiger partial charge < -0.3 is 5.73 Å². The first kappa shape index (κ1) is 13.1. The minimum Gasteiger partial charge on any atom is -0.325 e. The van der Waals surface area contributed by atoms with Crippen LogP contribution in [0.15, 0.2) is 42.5 Å². The molecular weight excluding hydrogens is 218 g/mol. The zero-order valence-electron chi connectivity index (χ0n) is 11.6. The zero-order chi connectivity index (χ0) is 13.2. The van der Waals surface area contributed by atoms with Gasteiger partial charge in [0, 0.05) is 5.54 Å². The van der Waals surface area contributed by atoms with Gasteiger partial charge in [0.15, 0.2) is 0 Å². The minimum atomic E-state index is -0.107. The molecule has 2 N–H and O–H groups in total. The molecule has 1 unspecified atom stereocenters. The van der Waals surface area contributed by atoms with Gasteiger partial charge in [-0.25, -0.2) is 0 Å². The maximum absolute atomic E-state index is 6.56. The smallest absolute Gasteiger partial charge is 0.0215 e. The van der Waals surface area contributed by atoms with Crippen molar-refractivity contribution < 1.29 is 0 Å². The highest BCUT2D eigenvalue weighted by atomic mass is 14.7. The topological polar surface area (TPSA) is 26.0 Å². The number of fused-ring (bicyclic) bond motifs is 1. The number of benzene rings is 2. The van der Waals surface area contributed by atoms with Crippen LogP contribution < -0.4 is 5.73 Å². The van der Waals surface area contributed by atoms with Crippen LogP contribution in [0.5, 0.6) is 0 Å². The van der Waals surface area contributed by atoms with Crippen LogP contribution in [0.2, 0.25) is 0 Å². The zero-order valence-corrected chi connectivity index (χ0v) is 11.6. The van der Waals surface area contributed by atoms with Gasteiger partial charge in [0.05, 0.1) is 0 Å². The third-order valence-electron chi connectivity index (χ3n) is 4.21. The minimum absolute atomic E-state index is 0.107. The Morgan fingerprint density at radius 3 is 2.39 bits per heavy atom. The molecule has 2 aromatic rings. The fraction of sp³-hybridized carbons (Fsp3) is 0.412. The molecule has 96 valence electrons. The molecule has 1 heteroatoms. The number of rotatable bonds is 4. The molecule has 0 bridgehead atoms. The predicted molar refractivity (Wildman–Crippen MR) is 79.7 cm³/mol. The van der Waals surface area contributed by atoms with Gasteiger partial charge in [0.25, 0.3) is 0 Å². The van der Waals surface area contributed by atoms with Crippen molar-refractivity contribution in [1.29, 1.82) is 0 Å². The average molecular weight is 241 g/mol. The molecule has 2 aromatic carbocycles. The second-order valence-corrected chi connectivity index (χ2v) is 5.56. The molecule has 0 aliphatic heterocycles. The summed E-state index contributed by atoms with van der Waals surface area (Å²) < 4.78 is 0. The van der Waals surface area contributed by atoms with E-state index in [2.05, 4.69) is 63.2 Å². The molecule has 0 heterocycles. The lowest BCUT2D eigenvalue weighted by Gasteiger charge is -2.33. The molecule has 0 amide bonds. The summed E-state index contributed by atoms with van der Waals surface area (Å²) in [6.07, 6.45) is 1.95. The third kappa shape index (κ3) is 2.41. The monoisotopic (exact) mass is 241 g/mol. The molecule has 18 heavy (non-hydrogen) atoms. The Morgan fingerprint density at radius 2 is 1.72 bits per heavy atom. The van der Waals surface area contributed by atoms with E-state index >= 15 is 0 Å². The number of hydrogen-bond donors (Lipinski definition) is 1. The van der Waals surface area contributed by atoms with Crippen LogP contribution in [0.3, 0.4) is 0 Å². The van der Waals surface area contributed by atoms with E-state index in [1.165, 1.54) is 16.3 Å². The van der Waals surface area contributed by atoms with Crippen molar-refractivity contribution in [3.05, 3.63) is 48.0 Å². The average Bonchev–Trinajstić information content (AvgIpc) is 2.39. The summed E-state index contributed by atoms with van der Waals surface area (Å²) in [6, 6.07) is 15.1. The fourth-order valence-corrected chi connectivity index (χ4v) is 2.54. The Morgan fingerprint density at radius 1 is 1.06 bits per heavy atom. The first-order chi connectivity index (χ1) is 8.57. The van der Waals surface area contributed by atoms with Gasteiger partial charge in [0.1, 0.15) is 0 Å². The summed E-state index contributed by atoms with van der Waals surface area (Å²) in [5.41, 5.74) is 7.82. The summed E-state index contributed by atoms with van der Waals surface area (Å²) in [5.74, 6) is 0.487. The molecule has 0 saturated heterocycles. The van der Waals surface area contributed by atoms with Gasteiger partial charge in [-0.1, -0.05) is 63.2 Å². The number of hydrogen-bond acceptors (Lipinski definition) is 1. The van der Waals surface area contributed by atoms with Gasteiger partial charge in [-0.15, -0.1) is 0 Å². The molecule has 0 aromatic heterocycles. The Bertz CT molecular complexity index is 525. The third-order valence-corrected chi connectivity index (χ3v) is 4.21. The van der Waals surface area contributed by atoms with Crippen LogP contribution in [0.4, 0.5) is 0 Å². The first-order valence-electron chi connectivity index (χ1n) is 6.82. The van der Waals surface area contributed by atoms with E-state index in [0.717, 1.165) is 12.8 Å². The molecule has 0 saturated carbocycles. The van der Waals surface area contributed by atoms with E-state index in [0.29, 0.717) is 5.92 Å². The molecule has 1 nitrogen and oxygen atoms in total. The highest BCUT2D eigenvalue weighted by Gasteiger charge is 2.27. The Kier molecular flexibility index (Phi) is 3.72. The van der Waals surface area contributed by atoms with Crippen molar-refractivity contribution in [1.82, 2.24) is 0 Å². The molecule has 0 spiro atoms. The standard InChI is InChI=1S/C17H23N/c1-4-17(18,13(2)3)12-15-10-7-9-14-8-5-6-11-16(14)15/h5-11,13H,4,12,18H2,1-3H3. The molecule has 0 fully saturated rings. The molecular formula is C17H23N. The van der Waals surface area contributed by atoms with E-state index in [9.17, 15) is 0 Å². The predicted octanol–water partition coefficient (Wildman–Crippen LogP) is 4.15. The molecule has 2 rings (SSSR count). The maximum atomic E-state index is 6.56. The van der Waals surface area contributed by atoms with Gasteiger partial charge in [-0.2, -0.15) is 0 Å². The van der Waals surface area contributed by atoms with Crippen LogP contribution >= 0.6 is 0 Å². The second kappa shape index (κ2) is 5.11. The van der Waals surface area contributed by atoms with Crippen LogP contribution in [-0.4, -0.2) is 5.54 Å². The maximum Gasteiger partial charge on any atom is 0.0215 e. The van der Waals surface area contributed by atoms with Gasteiger partial charge in [0.2, 0.25) is 0 Å². The van der Waals surface area contributed by atoms with Crippen molar-refractivity contribution in [2.24, 2.45) is 11.7 Å². The lowest BCUT2D eigenvalue weighted by atomic mass is 9.79. The highest BCUT2D eigenvalue weighted by molar-refractivity contribution is 5.85. The summed E-state index contributed by atoms with van der Waals surface area (Å²) in [5, 5.41) is 2.64. The highest BCUT2D eigenvalue weighted by Crippen LogP contribution is 2.27. The first-order valence-corrected chi connectivity index (χ1v) is 6.82. The molecule has 0 aliphatic rings. The summed E-state index contributed by atoms with van der Waals surface area (Å²) in [4.78, 5) is 0. The Balaban J connectivity index is 2.43. The summed E-state index contributed by atoms with van der Waals surface area (Å²) >= 11 is 0. The Hall–Kier alpha value is -1.34. The molecule has 1 atom stereocenters. The van der Waals surface area contributed by atoms with E-state index in [1.54, 1.807) is 0 Å². The van der Waals surface area contributed by atoms with Crippen molar-refractivity contribution in [3.63, 3.8) is 0 Å². The van der Waals surface area contributed by atoms with Crippen molar-refractivity contribution >= 4 is 10.8 Å². The van der Waals surface area contributed by atoms with Crippen molar-refractivity contribution in [3.8, 4) is 0 Å². The van der Waals surface area contributed by atoms with E-state index in [-0.39, 0.29) is 5.54 Å². The Labute approximate surface area is 110 Å². The second-order valence-electron chi connectivity index (χ2n) is 5.56. The quantitative estimate of drug-likeness (QED) is 0.855. The SMILES string of the molecule is CCC(N)(Cc1cccc2ccccc12)C(C)C. The fourth-order valence-electron chi connectivity index (χ4n) is 2.54. The van der Waals surface area contributed by atoms with Crippen LogP contribution in [-0.2, 0) is 6.42 Å². The van der Waals surface area contributed by atoms with Gasteiger partial charge in [-0.3, -0.25) is 0 Å². The lowest BCUT2D eigenvalue weighted by Crippen LogP contribution is -2.46. The van der Waals surface area contributed by atoms with Crippen LogP contribution in [0.25, 0.3) is 10.8 Å².